The highest BCUT2D eigenvalue weighted by atomic mass is 19.1. The Morgan fingerprint density at radius 1 is 1.26 bits per heavy atom. The Balaban J connectivity index is 1.50. The molecule has 4 unspecified atom stereocenters. The zero-order valence-electron chi connectivity index (χ0n) is 13.2. The van der Waals surface area contributed by atoms with Crippen molar-refractivity contribution in [2.45, 2.75) is 38.3 Å². The average molecular weight is 317 g/mol. The number of benzene rings is 1. The lowest BCUT2D eigenvalue weighted by molar-refractivity contribution is 0.125. The second kappa shape index (κ2) is 5.53. The van der Waals surface area contributed by atoms with Crippen LogP contribution in [0.25, 0.3) is 0 Å². The van der Waals surface area contributed by atoms with Gasteiger partial charge in [0.15, 0.2) is 0 Å². The molecule has 1 aromatic rings. The van der Waals surface area contributed by atoms with Crippen LogP contribution in [0.2, 0.25) is 0 Å². The number of halogens is 2. The summed E-state index contributed by atoms with van der Waals surface area (Å²) >= 11 is 0. The van der Waals surface area contributed by atoms with E-state index in [4.69, 9.17) is 10.5 Å². The number of rotatable bonds is 3. The molecule has 4 rings (SSSR count). The summed E-state index contributed by atoms with van der Waals surface area (Å²) in [7, 11) is 0. The molecule has 0 aromatic heterocycles. The first kappa shape index (κ1) is 15.0. The van der Waals surface area contributed by atoms with Gasteiger partial charge in [-0.3, -0.25) is 0 Å². The summed E-state index contributed by atoms with van der Waals surface area (Å²) in [5.41, 5.74) is 9.61. The predicted octanol–water partition coefficient (Wildman–Crippen LogP) is 3.95. The number of nitrogens with two attached hydrogens (primary N) is 1. The van der Waals surface area contributed by atoms with Crippen molar-refractivity contribution in [1.29, 1.82) is 0 Å². The van der Waals surface area contributed by atoms with E-state index < -0.39 is 11.6 Å². The minimum absolute atomic E-state index is 0.0558. The first-order valence-electron chi connectivity index (χ1n) is 8.28. The van der Waals surface area contributed by atoms with Crippen molar-refractivity contribution in [2.75, 3.05) is 6.61 Å². The highest BCUT2D eigenvalue weighted by Crippen LogP contribution is 2.52. The molecule has 1 aromatic carbocycles. The van der Waals surface area contributed by atoms with Crippen LogP contribution in [0.15, 0.2) is 35.4 Å². The minimum atomic E-state index is -0.516. The summed E-state index contributed by atoms with van der Waals surface area (Å²) in [5, 5.41) is 0. The van der Waals surface area contributed by atoms with Crippen molar-refractivity contribution < 1.29 is 13.5 Å². The van der Waals surface area contributed by atoms with E-state index in [0.29, 0.717) is 11.5 Å². The van der Waals surface area contributed by atoms with Crippen molar-refractivity contribution in [3.63, 3.8) is 0 Å². The highest BCUT2D eigenvalue weighted by molar-refractivity contribution is 5.38. The Bertz CT molecular complexity index is 686. The van der Waals surface area contributed by atoms with E-state index in [1.807, 2.05) is 0 Å². The molecule has 2 nitrogen and oxygen atoms in total. The molecule has 122 valence electrons. The molecule has 4 heteroatoms. The van der Waals surface area contributed by atoms with Gasteiger partial charge in [-0.05, 0) is 66.9 Å². The molecule has 23 heavy (non-hydrogen) atoms. The SMILES string of the molecule is Cc1c(F)cc(C(N)C2CC2C2=CCC3OCCC3=C2)cc1F. The third-order valence-electron chi connectivity index (χ3n) is 5.46. The molecular weight excluding hydrogens is 296 g/mol. The van der Waals surface area contributed by atoms with Gasteiger partial charge in [0.25, 0.3) is 0 Å². The highest BCUT2D eigenvalue weighted by Gasteiger charge is 2.44. The van der Waals surface area contributed by atoms with Crippen molar-refractivity contribution in [2.24, 2.45) is 17.6 Å². The van der Waals surface area contributed by atoms with E-state index >= 15 is 0 Å². The van der Waals surface area contributed by atoms with Gasteiger partial charge in [0, 0.05) is 11.6 Å². The van der Waals surface area contributed by atoms with Gasteiger partial charge in [-0.25, -0.2) is 8.78 Å². The third kappa shape index (κ3) is 2.64. The molecule has 3 aliphatic rings. The van der Waals surface area contributed by atoms with Crippen LogP contribution in [0.4, 0.5) is 8.78 Å². The van der Waals surface area contributed by atoms with Crippen molar-refractivity contribution >= 4 is 0 Å². The number of fused-ring (bicyclic) bond motifs is 1. The summed E-state index contributed by atoms with van der Waals surface area (Å²) < 4.78 is 33.2. The molecule has 0 spiro atoms. The lowest BCUT2D eigenvalue weighted by Crippen LogP contribution is -2.16. The van der Waals surface area contributed by atoms with Crippen LogP contribution in [0.1, 0.15) is 36.4 Å². The van der Waals surface area contributed by atoms with Crippen LogP contribution >= 0.6 is 0 Å². The topological polar surface area (TPSA) is 35.2 Å². The zero-order chi connectivity index (χ0) is 16.1. The molecule has 2 N–H and O–H groups in total. The third-order valence-corrected chi connectivity index (χ3v) is 5.46. The molecule has 1 saturated carbocycles. The minimum Gasteiger partial charge on any atom is -0.373 e. The van der Waals surface area contributed by atoms with Gasteiger partial charge in [-0.2, -0.15) is 0 Å². The summed E-state index contributed by atoms with van der Waals surface area (Å²) in [4.78, 5) is 0. The fourth-order valence-corrected chi connectivity index (χ4v) is 3.85. The summed E-state index contributed by atoms with van der Waals surface area (Å²) in [6.45, 7) is 2.26. The Hall–Kier alpha value is -1.52. The van der Waals surface area contributed by atoms with Gasteiger partial charge < -0.3 is 10.5 Å². The van der Waals surface area contributed by atoms with Crippen molar-refractivity contribution in [3.05, 3.63) is 58.2 Å². The first-order valence-corrected chi connectivity index (χ1v) is 8.28. The van der Waals surface area contributed by atoms with Crippen LogP contribution in [0.5, 0.6) is 0 Å². The fraction of sp³-hybridized carbons (Fsp3) is 0.474. The largest absolute Gasteiger partial charge is 0.373 e. The smallest absolute Gasteiger partial charge is 0.129 e. The average Bonchev–Trinajstić information content (AvgIpc) is 3.20. The van der Waals surface area contributed by atoms with Gasteiger partial charge in [0.05, 0.1) is 12.7 Å². The Morgan fingerprint density at radius 3 is 2.74 bits per heavy atom. The lowest BCUT2D eigenvalue weighted by Gasteiger charge is -2.18. The summed E-state index contributed by atoms with van der Waals surface area (Å²) in [5.74, 6) is -0.361. The molecule has 1 saturated heterocycles. The molecule has 1 heterocycles. The maximum absolute atomic E-state index is 13.8. The van der Waals surface area contributed by atoms with Gasteiger partial charge >= 0.3 is 0 Å². The van der Waals surface area contributed by atoms with Gasteiger partial charge in [0.2, 0.25) is 0 Å². The maximum Gasteiger partial charge on any atom is 0.129 e. The zero-order valence-corrected chi connectivity index (χ0v) is 13.2. The van der Waals surface area contributed by atoms with Crippen molar-refractivity contribution in [1.82, 2.24) is 0 Å². The number of hydrogen-bond acceptors (Lipinski definition) is 2. The van der Waals surface area contributed by atoms with Gasteiger partial charge in [0.1, 0.15) is 11.6 Å². The predicted molar refractivity (Wildman–Crippen MR) is 84.8 cm³/mol. The lowest BCUT2D eigenvalue weighted by atomic mass is 9.92. The molecular formula is C19H21F2NO. The Labute approximate surface area is 135 Å². The van der Waals surface area contributed by atoms with E-state index in [9.17, 15) is 8.78 Å². The second-order valence-corrected chi connectivity index (χ2v) is 6.91. The van der Waals surface area contributed by atoms with Crippen LogP contribution in [-0.2, 0) is 4.74 Å². The molecule has 2 aliphatic carbocycles. The molecule has 0 radical (unpaired) electrons. The molecule has 0 bridgehead atoms. The Kier molecular flexibility index (Phi) is 3.62. The summed E-state index contributed by atoms with van der Waals surface area (Å²) in [6.07, 6.45) is 7.71. The normalized spacial score (nSPS) is 30.5. The Morgan fingerprint density at radius 2 is 2.00 bits per heavy atom. The van der Waals surface area contributed by atoms with Gasteiger partial charge in [-0.15, -0.1) is 0 Å². The van der Waals surface area contributed by atoms with E-state index in [1.165, 1.54) is 30.2 Å². The molecule has 0 amide bonds. The van der Waals surface area contributed by atoms with E-state index in [2.05, 4.69) is 12.2 Å². The van der Waals surface area contributed by atoms with E-state index in [0.717, 1.165) is 25.9 Å². The van der Waals surface area contributed by atoms with Crippen LogP contribution in [-0.4, -0.2) is 12.7 Å². The maximum atomic E-state index is 13.8. The first-order chi connectivity index (χ1) is 11.0. The molecule has 2 fully saturated rings. The molecule has 4 atom stereocenters. The van der Waals surface area contributed by atoms with Crippen LogP contribution in [0, 0.1) is 30.4 Å². The van der Waals surface area contributed by atoms with Crippen LogP contribution in [0.3, 0.4) is 0 Å². The second-order valence-electron chi connectivity index (χ2n) is 6.91. The summed E-state index contributed by atoms with van der Waals surface area (Å²) in [6, 6.07) is 2.45. The van der Waals surface area contributed by atoms with E-state index in [1.54, 1.807) is 0 Å². The fourth-order valence-electron chi connectivity index (χ4n) is 3.85. The standard InChI is InChI=1S/C19H21F2NO/c1-10-16(20)7-13(8-17(10)21)19(22)15-9-14(15)11-2-3-18-12(6-11)4-5-23-18/h2,6-8,14-15,18-19H,3-5,9,22H2,1H3. The van der Waals surface area contributed by atoms with Crippen molar-refractivity contribution in [3.8, 4) is 0 Å². The van der Waals surface area contributed by atoms with Gasteiger partial charge in [-0.1, -0.05) is 12.2 Å². The number of ether oxygens (including phenoxy) is 1. The molecule has 1 aliphatic heterocycles. The monoisotopic (exact) mass is 317 g/mol. The van der Waals surface area contributed by atoms with Crippen LogP contribution < -0.4 is 5.73 Å². The number of hydrogen-bond donors (Lipinski definition) is 1. The quantitative estimate of drug-likeness (QED) is 0.916. The van der Waals surface area contributed by atoms with E-state index in [-0.39, 0.29) is 23.6 Å². The number of allylic oxidation sites excluding steroid dienone is 2.